The number of nitrogens with zero attached hydrogens (tertiary/aromatic N) is 8. The second-order valence-corrected chi connectivity index (χ2v) is 16.4. The summed E-state index contributed by atoms with van der Waals surface area (Å²) in [6, 6.07) is 6.14. The Kier molecular flexibility index (Phi) is 13.0. The normalized spacial score (nSPS) is 21.7. The Morgan fingerprint density at radius 3 is 2.03 bits per heavy atom. The van der Waals surface area contributed by atoms with Crippen molar-refractivity contribution in [3.05, 3.63) is 63.5 Å². The van der Waals surface area contributed by atoms with Gasteiger partial charge in [-0.2, -0.15) is 18.2 Å². The third kappa shape index (κ3) is 10.3. The van der Waals surface area contributed by atoms with Crippen molar-refractivity contribution >= 4 is 51.3 Å². The lowest BCUT2D eigenvalue weighted by molar-refractivity contribution is -0.192. The fourth-order valence-electron chi connectivity index (χ4n) is 8.00. The highest BCUT2D eigenvalue weighted by Crippen LogP contribution is 2.36. The molecule has 61 heavy (non-hydrogen) atoms. The molecule has 2 aliphatic carbocycles. The zero-order chi connectivity index (χ0) is 43.6. The number of hydrogen-bond donors (Lipinski definition) is 3. The van der Waals surface area contributed by atoms with Crippen LogP contribution in [0.25, 0.3) is 21.8 Å². The Morgan fingerprint density at radius 1 is 0.836 bits per heavy atom. The summed E-state index contributed by atoms with van der Waals surface area (Å²) in [5.74, 6) is -3.26. The van der Waals surface area contributed by atoms with Crippen LogP contribution in [0.5, 0.6) is 0 Å². The van der Waals surface area contributed by atoms with E-state index in [0.717, 1.165) is 108 Å². The van der Waals surface area contributed by atoms with E-state index in [1.54, 1.807) is 0 Å². The van der Waals surface area contributed by atoms with Crippen LogP contribution in [-0.4, -0.2) is 158 Å². The molecule has 2 aromatic heterocycles. The van der Waals surface area contributed by atoms with Gasteiger partial charge in [-0.05, 0) is 56.2 Å². The lowest BCUT2D eigenvalue weighted by Gasteiger charge is -2.32. The number of rotatable bonds is 11. The van der Waals surface area contributed by atoms with Crippen LogP contribution < -0.4 is 10.9 Å². The van der Waals surface area contributed by atoms with E-state index in [2.05, 4.69) is 40.1 Å². The van der Waals surface area contributed by atoms with E-state index in [4.69, 9.17) is 14.9 Å². The first kappa shape index (κ1) is 43.5. The Hall–Kier alpha value is -5.56. The van der Waals surface area contributed by atoms with E-state index < -0.39 is 18.1 Å². The topological polar surface area (TPSA) is 184 Å². The number of halogens is 3. The van der Waals surface area contributed by atoms with Gasteiger partial charge in [0.05, 0.1) is 11.6 Å². The third-order valence-electron chi connectivity index (χ3n) is 11.8. The number of allylic oxidation sites excluding steroid dienone is 1. The lowest BCUT2D eigenvalue weighted by atomic mass is 9.85. The number of carboxylic acid groups (broad SMARTS) is 2. The predicted octanol–water partition coefficient (Wildman–Crippen LogP) is 3.53. The number of unbranched alkanes of at least 4 members (excludes halogenated alkanes) is 1. The number of pyridine rings is 1. The predicted molar refractivity (Wildman–Crippen MR) is 220 cm³/mol. The number of ketones is 2. The van der Waals surface area contributed by atoms with Crippen LogP contribution in [0.15, 0.2) is 52.4 Å². The smallest absolute Gasteiger partial charge is 0.481 e. The highest BCUT2D eigenvalue weighted by molar-refractivity contribution is 6.22. The van der Waals surface area contributed by atoms with Crippen molar-refractivity contribution in [3.8, 4) is 0 Å². The van der Waals surface area contributed by atoms with Gasteiger partial charge in [-0.1, -0.05) is 25.5 Å². The molecule has 0 amide bonds. The van der Waals surface area contributed by atoms with Crippen LogP contribution in [0.3, 0.4) is 0 Å². The Balaban J connectivity index is 0.000000190. The van der Waals surface area contributed by atoms with Gasteiger partial charge in [-0.25, -0.2) is 9.78 Å². The quantitative estimate of drug-likeness (QED) is 0.110. The van der Waals surface area contributed by atoms with Gasteiger partial charge in [-0.15, -0.1) is 0 Å². The summed E-state index contributed by atoms with van der Waals surface area (Å²) >= 11 is 0. The summed E-state index contributed by atoms with van der Waals surface area (Å²) in [5.41, 5.74) is 3.61. The fraction of sp³-hybridized carbons (Fsp3) is 0.548. The van der Waals surface area contributed by atoms with Crippen molar-refractivity contribution in [1.29, 1.82) is 0 Å². The summed E-state index contributed by atoms with van der Waals surface area (Å²) in [5, 5.41) is 22.3. The molecule has 1 aromatic carbocycles. The number of benzene rings is 1. The van der Waals surface area contributed by atoms with Crippen LogP contribution in [-0.2, 0) is 25.7 Å². The monoisotopic (exact) mass is 851 g/mol. The summed E-state index contributed by atoms with van der Waals surface area (Å²) in [7, 11) is 2.15. The molecule has 328 valence electrons. The molecular formula is C42H52F3N9O7. The van der Waals surface area contributed by atoms with E-state index in [9.17, 15) is 37.5 Å². The highest BCUT2D eigenvalue weighted by Gasteiger charge is 2.43. The molecule has 5 fully saturated rings. The maximum Gasteiger partial charge on any atom is 0.490 e. The van der Waals surface area contributed by atoms with Gasteiger partial charge in [0.15, 0.2) is 0 Å². The van der Waals surface area contributed by atoms with Gasteiger partial charge < -0.3 is 35.1 Å². The molecule has 16 nitrogen and oxygen atoms in total. The molecule has 4 aliphatic heterocycles. The van der Waals surface area contributed by atoms with E-state index in [0.29, 0.717) is 59.8 Å². The van der Waals surface area contributed by atoms with Crippen molar-refractivity contribution in [2.24, 2.45) is 5.92 Å². The Bertz CT molecular complexity index is 2300. The largest absolute Gasteiger partial charge is 0.490 e. The second-order valence-electron chi connectivity index (χ2n) is 16.4. The molecule has 1 saturated carbocycles. The molecule has 0 atom stereocenters. The maximum absolute atomic E-state index is 14.1. The number of likely N-dealkylation sites (N-methyl/N-ethyl adjacent to an activating group) is 1. The minimum absolute atomic E-state index is 0.00546. The summed E-state index contributed by atoms with van der Waals surface area (Å²) in [6.45, 7) is 13.3. The highest BCUT2D eigenvalue weighted by atomic mass is 19.4. The Morgan fingerprint density at radius 2 is 1.46 bits per heavy atom. The van der Waals surface area contributed by atoms with Crippen LogP contribution in [0.1, 0.15) is 57.1 Å². The number of hydrogen-bond acceptors (Lipinski definition) is 13. The van der Waals surface area contributed by atoms with E-state index >= 15 is 0 Å². The van der Waals surface area contributed by atoms with Crippen LogP contribution in [0, 0.1) is 5.92 Å². The third-order valence-corrected chi connectivity index (χ3v) is 11.8. The number of fused-ring (bicyclic) bond motifs is 3. The van der Waals surface area contributed by atoms with Gasteiger partial charge >= 0.3 is 18.1 Å². The summed E-state index contributed by atoms with van der Waals surface area (Å²) in [6.07, 6.45) is 2.81. The van der Waals surface area contributed by atoms with Crippen molar-refractivity contribution in [2.45, 2.75) is 64.2 Å². The average molecular weight is 852 g/mol. The summed E-state index contributed by atoms with van der Waals surface area (Å²) in [4.78, 5) is 79.1. The number of carboxylic acids is 2. The van der Waals surface area contributed by atoms with Crippen LogP contribution in [0.4, 0.5) is 19.1 Å². The van der Waals surface area contributed by atoms with Crippen LogP contribution >= 0.6 is 0 Å². The molecular weight excluding hydrogens is 800 g/mol. The van der Waals surface area contributed by atoms with Crippen molar-refractivity contribution in [3.63, 3.8) is 0 Å². The standard InChI is InChI=1S/C28H38N6O3.C12H13N3O2.C2HF3O2/c1-3-4-11-29-28-30-17-24-22-10-5-19(18-33-14-12-32(2)13-15-33)16-23(22)26(35)34(25(24)31-28)21-8-6-20(7-9-21)27(36)37;16-9-7-8(13-1-2-13)12(17)11(15-5-6-15)10(9)14-3-4-14;3-2(4,5)1(6)7/h5,10,16-17,20-21H,3-4,6-9,11-15,18H2,1-2H3,(H,36,37)(H,29,30,31);7H,1-6H2;(H,6,7)/t20-,21-;;. The molecule has 0 bridgehead atoms. The number of anilines is 1. The van der Waals surface area contributed by atoms with Gasteiger partial charge in [0.1, 0.15) is 17.0 Å². The number of carbonyl (C=O) groups excluding carboxylic acids is 2. The first-order chi connectivity index (χ1) is 29.1. The zero-order valence-corrected chi connectivity index (χ0v) is 34.4. The maximum atomic E-state index is 14.1. The first-order valence-electron chi connectivity index (χ1n) is 21.0. The average Bonchev–Trinajstić information content (AvgIpc) is 4.06. The minimum Gasteiger partial charge on any atom is -0.481 e. The number of Topliss-reactive ketones (excluding diaryl/α,β-unsaturated/α-hetero) is 1. The molecule has 3 aromatic rings. The number of carbonyl (C=O) groups is 4. The molecule has 6 heterocycles. The van der Waals surface area contributed by atoms with Crippen molar-refractivity contribution < 1.29 is 42.6 Å². The molecule has 9 rings (SSSR count). The minimum atomic E-state index is -5.08. The van der Waals surface area contributed by atoms with Gasteiger partial charge in [0.25, 0.3) is 5.56 Å². The second kappa shape index (κ2) is 18.2. The van der Waals surface area contributed by atoms with Crippen molar-refractivity contribution in [1.82, 2.24) is 39.0 Å². The number of piperazine rings is 1. The van der Waals surface area contributed by atoms with E-state index in [1.165, 1.54) is 6.08 Å². The molecule has 6 aliphatic rings. The fourth-order valence-corrected chi connectivity index (χ4v) is 8.00. The number of alkyl halides is 3. The molecule has 0 unspecified atom stereocenters. The summed E-state index contributed by atoms with van der Waals surface area (Å²) < 4.78 is 33.6. The SMILES string of the molecule is CCCCNc1ncc2c3ccc(CN4CCN(C)CC4)cc3c(=O)n([C@H]3CC[C@H](C(=O)O)CC3)c2n1.O=C(O)C(F)(F)F.O=C1C=C(N2CC2)C(=O)C(N2CC2)=C1N1CC1. The molecule has 3 N–H and O–H groups in total. The number of aliphatic carboxylic acids is 2. The van der Waals surface area contributed by atoms with Crippen molar-refractivity contribution in [2.75, 3.05) is 84.4 Å². The molecule has 0 radical (unpaired) electrons. The first-order valence-corrected chi connectivity index (χ1v) is 21.0. The van der Waals surface area contributed by atoms with Crippen LogP contribution in [0.2, 0.25) is 0 Å². The van der Waals surface area contributed by atoms with E-state index in [1.807, 2.05) is 37.6 Å². The lowest BCUT2D eigenvalue weighted by Crippen LogP contribution is -2.43. The molecule has 19 heteroatoms. The zero-order valence-electron chi connectivity index (χ0n) is 34.4. The van der Waals surface area contributed by atoms with Gasteiger partial charge in [-0.3, -0.25) is 28.6 Å². The Labute approximate surface area is 350 Å². The molecule has 0 spiro atoms. The number of nitrogens with one attached hydrogen (secondary N) is 1. The van der Waals surface area contributed by atoms with Gasteiger partial charge in [0.2, 0.25) is 17.5 Å². The van der Waals surface area contributed by atoms with Gasteiger partial charge in [0, 0.05) is 108 Å². The molecule has 4 saturated heterocycles. The van der Waals surface area contributed by atoms with E-state index in [-0.39, 0.29) is 29.1 Å². The number of aromatic nitrogens is 3.